The zero-order valence-corrected chi connectivity index (χ0v) is 15.4. The van der Waals surface area contributed by atoms with Gasteiger partial charge in [0.1, 0.15) is 11.5 Å². The number of hydrogen-bond acceptors (Lipinski definition) is 3. The van der Waals surface area contributed by atoms with Gasteiger partial charge < -0.3 is 14.8 Å². The van der Waals surface area contributed by atoms with Crippen molar-refractivity contribution in [3.05, 3.63) is 66.2 Å². The maximum Gasteiger partial charge on any atom is 0.259 e. The molecular weight excluding hydrogens is 338 g/mol. The summed E-state index contributed by atoms with van der Waals surface area (Å²) in [5, 5.41) is 4.99. The molecule has 0 saturated heterocycles. The Bertz CT molecular complexity index is 943. The molecule has 0 spiro atoms. The molecule has 0 aromatic heterocycles. The molecule has 1 N–H and O–H groups in total. The summed E-state index contributed by atoms with van der Waals surface area (Å²) in [5.74, 6) is 1.22. The predicted octanol–water partition coefficient (Wildman–Crippen LogP) is 5.42. The van der Waals surface area contributed by atoms with Crippen LogP contribution >= 0.6 is 0 Å². The fourth-order valence-electron chi connectivity index (χ4n) is 3.58. The van der Waals surface area contributed by atoms with E-state index in [4.69, 9.17) is 9.47 Å². The van der Waals surface area contributed by atoms with Crippen LogP contribution in [-0.4, -0.2) is 19.1 Å². The van der Waals surface area contributed by atoms with E-state index in [0.717, 1.165) is 35.1 Å². The first-order valence-electron chi connectivity index (χ1n) is 9.38. The van der Waals surface area contributed by atoms with E-state index in [1.54, 1.807) is 7.11 Å². The number of fused-ring (bicyclic) bond motifs is 1. The molecule has 0 bridgehead atoms. The van der Waals surface area contributed by atoms with Crippen LogP contribution in [0.1, 0.15) is 36.0 Å². The fourth-order valence-corrected chi connectivity index (χ4v) is 3.58. The summed E-state index contributed by atoms with van der Waals surface area (Å²) >= 11 is 0. The Kier molecular flexibility index (Phi) is 4.97. The third-order valence-corrected chi connectivity index (χ3v) is 5.03. The molecule has 1 saturated carbocycles. The molecule has 0 radical (unpaired) electrons. The van der Waals surface area contributed by atoms with Crippen molar-refractivity contribution in [1.29, 1.82) is 0 Å². The molecule has 4 heteroatoms. The molecule has 0 unspecified atom stereocenters. The zero-order chi connectivity index (χ0) is 18.6. The number of hydrogen-bond donors (Lipinski definition) is 1. The van der Waals surface area contributed by atoms with Crippen molar-refractivity contribution in [3.63, 3.8) is 0 Å². The highest BCUT2D eigenvalue weighted by Crippen LogP contribution is 2.28. The average Bonchev–Trinajstić information content (AvgIpc) is 3.21. The third kappa shape index (κ3) is 3.90. The van der Waals surface area contributed by atoms with E-state index in [9.17, 15) is 4.79 Å². The second-order valence-electron chi connectivity index (χ2n) is 6.90. The number of nitrogens with one attached hydrogen (secondary N) is 1. The first-order valence-corrected chi connectivity index (χ1v) is 9.38. The number of benzene rings is 3. The molecule has 3 aromatic rings. The number of rotatable bonds is 5. The number of methoxy groups -OCH3 is 1. The average molecular weight is 361 g/mol. The van der Waals surface area contributed by atoms with Crippen LogP contribution in [0.3, 0.4) is 0 Å². The number of amides is 1. The van der Waals surface area contributed by atoms with E-state index in [-0.39, 0.29) is 5.91 Å². The molecule has 1 amide bonds. The fraction of sp³-hybridized carbons (Fsp3) is 0.261. The Balaban J connectivity index is 1.50. The minimum atomic E-state index is -0.193. The first kappa shape index (κ1) is 17.4. The van der Waals surface area contributed by atoms with Gasteiger partial charge in [0.15, 0.2) is 0 Å². The van der Waals surface area contributed by atoms with Gasteiger partial charge in [0.2, 0.25) is 0 Å². The summed E-state index contributed by atoms with van der Waals surface area (Å²) in [7, 11) is 1.58. The van der Waals surface area contributed by atoms with Crippen LogP contribution in [0.15, 0.2) is 60.7 Å². The second kappa shape index (κ2) is 7.70. The van der Waals surface area contributed by atoms with Gasteiger partial charge in [-0.25, -0.2) is 0 Å². The quantitative estimate of drug-likeness (QED) is 0.660. The molecule has 4 nitrogen and oxygen atoms in total. The number of anilines is 1. The monoisotopic (exact) mass is 361 g/mol. The van der Waals surface area contributed by atoms with Crippen LogP contribution in [0.4, 0.5) is 5.69 Å². The van der Waals surface area contributed by atoms with Gasteiger partial charge in [-0.1, -0.05) is 24.3 Å². The van der Waals surface area contributed by atoms with Crippen molar-refractivity contribution in [2.24, 2.45) is 0 Å². The Labute approximate surface area is 159 Å². The molecular formula is C23H23NO3. The lowest BCUT2D eigenvalue weighted by Crippen LogP contribution is -2.13. The molecule has 1 aliphatic rings. The lowest BCUT2D eigenvalue weighted by atomic mass is 10.1. The smallest absolute Gasteiger partial charge is 0.259 e. The molecule has 27 heavy (non-hydrogen) atoms. The molecule has 0 heterocycles. The Morgan fingerprint density at radius 1 is 0.963 bits per heavy atom. The Morgan fingerprint density at radius 3 is 2.30 bits per heavy atom. The van der Waals surface area contributed by atoms with Crippen molar-refractivity contribution in [3.8, 4) is 11.5 Å². The molecule has 0 atom stereocenters. The largest absolute Gasteiger partial charge is 0.496 e. The van der Waals surface area contributed by atoms with Gasteiger partial charge in [-0.05, 0) is 72.9 Å². The van der Waals surface area contributed by atoms with Gasteiger partial charge in [-0.2, -0.15) is 0 Å². The van der Waals surface area contributed by atoms with Gasteiger partial charge in [-0.15, -0.1) is 0 Å². The minimum Gasteiger partial charge on any atom is -0.496 e. The van der Waals surface area contributed by atoms with E-state index in [2.05, 4.69) is 5.32 Å². The normalized spacial score (nSPS) is 14.3. The van der Waals surface area contributed by atoms with Gasteiger partial charge in [0, 0.05) is 5.69 Å². The number of ether oxygens (including phenoxy) is 2. The van der Waals surface area contributed by atoms with Crippen molar-refractivity contribution in [2.75, 3.05) is 12.4 Å². The Hall–Kier alpha value is -3.01. The van der Waals surface area contributed by atoms with Gasteiger partial charge >= 0.3 is 0 Å². The highest BCUT2D eigenvalue weighted by Gasteiger charge is 2.17. The maximum atomic E-state index is 12.8. The van der Waals surface area contributed by atoms with Crippen molar-refractivity contribution < 1.29 is 14.3 Å². The first-order chi connectivity index (χ1) is 13.2. The SMILES string of the molecule is COc1cc2ccccc2cc1C(=O)Nc1ccc(OC2CCCC2)cc1. The number of carbonyl (C=O) groups excluding carboxylic acids is 1. The van der Waals surface area contributed by atoms with Gasteiger partial charge in [0.25, 0.3) is 5.91 Å². The molecule has 1 fully saturated rings. The lowest BCUT2D eigenvalue weighted by Gasteiger charge is -2.14. The molecule has 1 aliphatic carbocycles. The summed E-state index contributed by atoms with van der Waals surface area (Å²) in [6.07, 6.45) is 5.06. The number of carbonyl (C=O) groups is 1. The summed E-state index contributed by atoms with van der Waals surface area (Å²) in [5.41, 5.74) is 1.25. The van der Waals surface area contributed by atoms with Crippen molar-refractivity contribution in [1.82, 2.24) is 0 Å². The highest BCUT2D eigenvalue weighted by molar-refractivity contribution is 6.08. The molecule has 3 aromatic carbocycles. The third-order valence-electron chi connectivity index (χ3n) is 5.03. The van der Waals surface area contributed by atoms with Crippen molar-refractivity contribution >= 4 is 22.4 Å². The van der Waals surface area contributed by atoms with Gasteiger partial charge in [-0.3, -0.25) is 4.79 Å². The highest BCUT2D eigenvalue weighted by atomic mass is 16.5. The van der Waals surface area contributed by atoms with Crippen molar-refractivity contribution in [2.45, 2.75) is 31.8 Å². The second-order valence-corrected chi connectivity index (χ2v) is 6.90. The summed E-state index contributed by atoms with van der Waals surface area (Å²) in [4.78, 5) is 12.8. The lowest BCUT2D eigenvalue weighted by molar-refractivity contribution is 0.102. The molecule has 138 valence electrons. The van der Waals surface area contributed by atoms with E-state index >= 15 is 0 Å². The van der Waals surface area contributed by atoms with Crippen LogP contribution in [0.2, 0.25) is 0 Å². The minimum absolute atomic E-state index is 0.193. The standard InChI is InChI=1S/C23H23NO3/c1-26-22-15-17-7-3-2-6-16(17)14-21(22)23(25)24-18-10-12-20(13-11-18)27-19-8-4-5-9-19/h2-3,6-7,10-15,19H,4-5,8-9H2,1H3,(H,24,25). The Morgan fingerprint density at radius 2 is 1.63 bits per heavy atom. The summed E-state index contributed by atoms with van der Waals surface area (Å²) in [6, 6.07) is 19.2. The topological polar surface area (TPSA) is 47.6 Å². The van der Waals surface area contributed by atoms with Crippen LogP contribution in [-0.2, 0) is 0 Å². The molecule has 0 aliphatic heterocycles. The maximum absolute atomic E-state index is 12.8. The summed E-state index contributed by atoms with van der Waals surface area (Å²) < 4.78 is 11.4. The molecule has 4 rings (SSSR count). The van der Waals surface area contributed by atoms with E-state index in [1.165, 1.54) is 12.8 Å². The summed E-state index contributed by atoms with van der Waals surface area (Å²) in [6.45, 7) is 0. The predicted molar refractivity (Wildman–Crippen MR) is 108 cm³/mol. The van der Waals surface area contributed by atoms with E-state index < -0.39 is 0 Å². The van der Waals surface area contributed by atoms with Crippen LogP contribution in [0.25, 0.3) is 10.8 Å². The van der Waals surface area contributed by atoms with Crippen LogP contribution in [0.5, 0.6) is 11.5 Å². The van der Waals surface area contributed by atoms with E-state index in [1.807, 2.05) is 60.7 Å². The van der Waals surface area contributed by atoms with Crippen LogP contribution < -0.4 is 14.8 Å². The van der Waals surface area contributed by atoms with Crippen LogP contribution in [0, 0.1) is 0 Å². The van der Waals surface area contributed by atoms with Gasteiger partial charge in [0.05, 0.1) is 18.8 Å². The van der Waals surface area contributed by atoms with E-state index in [0.29, 0.717) is 17.4 Å². The zero-order valence-electron chi connectivity index (χ0n) is 15.4.